The van der Waals surface area contributed by atoms with Gasteiger partial charge in [0.15, 0.2) is 0 Å². The summed E-state index contributed by atoms with van der Waals surface area (Å²) in [5.41, 5.74) is 1.57. The molecule has 0 atom stereocenters. The molecule has 0 saturated heterocycles. The van der Waals surface area contributed by atoms with Gasteiger partial charge in [-0.05, 0) is 24.6 Å². The van der Waals surface area contributed by atoms with Gasteiger partial charge < -0.3 is 0 Å². The van der Waals surface area contributed by atoms with Gasteiger partial charge in [0.05, 0.1) is 30.0 Å². The molecule has 0 unspecified atom stereocenters. The van der Waals surface area contributed by atoms with Gasteiger partial charge in [0.1, 0.15) is 12.1 Å². The van der Waals surface area contributed by atoms with Crippen LogP contribution in [0, 0.1) is 12.7 Å². The normalized spacial score (nSPS) is 10.8. The maximum Gasteiger partial charge on any atom is 0.248 e. The fourth-order valence-electron chi connectivity index (χ4n) is 2.29. The Labute approximate surface area is 148 Å². The summed E-state index contributed by atoms with van der Waals surface area (Å²) in [7, 11) is 0. The molecule has 0 aliphatic carbocycles. The predicted octanol–water partition coefficient (Wildman–Crippen LogP) is 2.65. The molecule has 3 rings (SSSR count). The molecule has 0 aliphatic heterocycles. The Morgan fingerprint density at radius 3 is 2.96 bits per heavy atom. The fraction of sp³-hybridized carbons (Fsp3) is 0.250. The number of carbonyl (C=O) groups excluding carboxylic acids is 1. The van der Waals surface area contributed by atoms with E-state index in [0.29, 0.717) is 18.1 Å². The summed E-state index contributed by atoms with van der Waals surface area (Å²) in [5.74, 6) is -0.327. The first-order valence-electron chi connectivity index (χ1n) is 7.63. The van der Waals surface area contributed by atoms with E-state index in [-0.39, 0.29) is 24.1 Å². The van der Waals surface area contributed by atoms with E-state index in [1.54, 1.807) is 23.0 Å². The van der Waals surface area contributed by atoms with Crippen molar-refractivity contribution in [3.8, 4) is 0 Å². The fourth-order valence-corrected chi connectivity index (χ4v) is 2.44. The summed E-state index contributed by atoms with van der Waals surface area (Å²) in [5, 5.41) is 11.4. The van der Waals surface area contributed by atoms with Gasteiger partial charge in [0.2, 0.25) is 11.9 Å². The van der Waals surface area contributed by atoms with Crippen LogP contribution in [-0.2, 0) is 17.9 Å². The van der Waals surface area contributed by atoms with Gasteiger partial charge in [-0.1, -0.05) is 23.7 Å². The number of benzene rings is 1. The second-order valence-corrected chi connectivity index (χ2v) is 5.90. The monoisotopic (exact) mass is 362 g/mol. The molecule has 1 aromatic carbocycles. The molecule has 130 valence electrons. The molecule has 0 spiro atoms. The average Bonchev–Trinajstić information content (AvgIpc) is 3.13. The molecule has 25 heavy (non-hydrogen) atoms. The van der Waals surface area contributed by atoms with E-state index in [4.69, 9.17) is 11.6 Å². The van der Waals surface area contributed by atoms with E-state index in [1.807, 2.05) is 6.92 Å². The number of amides is 1. The van der Waals surface area contributed by atoms with Gasteiger partial charge in [0.25, 0.3) is 0 Å². The molecule has 0 aliphatic rings. The highest BCUT2D eigenvalue weighted by Crippen LogP contribution is 2.13. The molecule has 0 saturated carbocycles. The van der Waals surface area contributed by atoms with Crippen LogP contribution in [0.15, 0.2) is 36.8 Å². The number of anilines is 1. The molecule has 3 aromatic rings. The molecular weight excluding hydrogens is 347 g/mol. The molecule has 2 aromatic heterocycles. The lowest BCUT2D eigenvalue weighted by atomic mass is 10.2. The van der Waals surface area contributed by atoms with Crippen LogP contribution < -0.4 is 5.32 Å². The predicted molar refractivity (Wildman–Crippen MR) is 90.7 cm³/mol. The van der Waals surface area contributed by atoms with Crippen LogP contribution in [-0.4, -0.2) is 30.5 Å². The van der Waals surface area contributed by atoms with E-state index in [9.17, 15) is 9.18 Å². The van der Waals surface area contributed by atoms with Crippen molar-refractivity contribution in [1.82, 2.24) is 24.5 Å². The summed E-state index contributed by atoms with van der Waals surface area (Å²) in [6, 6.07) is 6.23. The van der Waals surface area contributed by atoms with E-state index >= 15 is 0 Å². The first kappa shape index (κ1) is 17.1. The van der Waals surface area contributed by atoms with Crippen molar-refractivity contribution < 1.29 is 9.18 Å². The zero-order valence-corrected chi connectivity index (χ0v) is 14.2. The van der Waals surface area contributed by atoms with Gasteiger partial charge in [-0.25, -0.2) is 14.1 Å². The minimum absolute atomic E-state index is 0.205. The minimum atomic E-state index is -0.305. The first-order chi connectivity index (χ1) is 12.0. The Bertz CT molecular complexity index is 890. The zero-order chi connectivity index (χ0) is 17.8. The number of aromatic nitrogens is 5. The lowest BCUT2D eigenvalue weighted by molar-refractivity contribution is -0.116. The lowest BCUT2D eigenvalue weighted by Gasteiger charge is -2.04. The molecule has 7 nitrogen and oxygen atoms in total. The Morgan fingerprint density at radius 1 is 1.40 bits per heavy atom. The summed E-state index contributed by atoms with van der Waals surface area (Å²) in [4.78, 5) is 16.0. The van der Waals surface area contributed by atoms with Crippen LogP contribution in [0.5, 0.6) is 0 Å². The quantitative estimate of drug-likeness (QED) is 0.731. The van der Waals surface area contributed by atoms with E-state index in [0.717, 1.165) is 11.3 Å². The zero-order valence-electron chi connectivity index (χ0n) is 13.5. The number of nitrogens with one attached hydrogen (secondary N) is 1. The molecular formula is C16H16ClFN6O. The van der Waals surface area contributed by atoms with Gasteiger partial charge in [0, 0.05) is 6.42 Å². The Kier molecular flexibility index (Phi) is 5.08. The Balaban J connectivity index is 1.54. The number of halogens is 2. The number of hydrogen-bond acceptors (Lipinski definition) is 4. The van der Waals surface area contributed by atoms with E-state index < -0.39 is 0 Å². The van der Waals surface area contributed by atoms with Gasteiger partial charge in [-0.15, -0.1) is 5.10 Å². The average molecular weight is 363 g/mol. The third-order valence-corrected chi connectivity index (χ3v) is 3.99. The number of hydrogen-bond donors (Lipinski definition) is 1. The van der Waals surface area contributed by atoms with Crippen molar-refractivity contribution in [1.29, 1.82) is 0 Å². The number of carbonyl (C=O) groups is 1. The molecule has 0 fully saturated rings. The van der Waals surface area contributed by atoms with Crippen LogP contribution in [0.4, 0.5) is 10.3 Å². The van der Waals surface area contributed by atoms with Crippen molar-refractivity contribution in [2.45, 2.75) is 26.4 Å². The highest BCUT2D eigenvalue weighted by atomic mass is 35.5. The summed E-state index contributed by atoms with van der Waals surface area (Å²) in [6.45, 7) is 2.61. The topological polar surface area (TPSA) is 77.6 Å². The van der Waals surface area contributed by atoms with Crippen LogP contribution in [0.1, 0.15) is 17.7 Å². The van der Waals surface area contributed by atoms with E-state index in [1.165, 1.54) is 23.1 Å². The van der Waals surface area contributed by atoms with Crippen LogP contribution in [0.2, 0.25) is 5.02 Å². The molecule has 1 N–H and O–H groups in total. The largest absolute Gasteiger partial charge is 0.293 e. The molecule has 1 amide bonds. The van der Waals surface area contributed by atoms with Crippen molar-refractivity contribution >= 4 is 23.5 Å². The third-order valence-electron chi connectivity index (χ3n) is 3.62. The molecule has 2 heterocycles. The minimum Gasteiger partial charge on any atom is -0.293 e. The van der Waals surface area contributed by atoms with Crippen molar-refractivity contribution in [2.24, 2.45) is 0 Å². The van der Waals surface area contributed by atoms with Crippen LogP contribution in [0.3, 0.4) is 0 Å². The third kappa shape index (κ3) is 4.42. The second-order valence-electron chi connectivity index (χ2n) is 5.49. The summed E-state index contributed by atoms with van der Waals surface area (Å²) in [6.07, 6.45) is 3.25. The summed E-state index contributed by atoms with van der Waals surface area (Å²) >= 11 is 5.92. The highest BCUT2D eigenvalue weighted by molar-refractivity contribution is 6.31. The second kappa shape index (κ2) is 7.43. The Hall–Kier alpha value is -2.74. The van der Waals surface area contributed by atoms with Crippen LogP contribution >= 0.6 is 11.6 Å². The molecule has 9 heteroatoms. The molecule has 0 radical (unpaired) electrons. The maximum atomic E-state index is 13.2. The Morgan fingerprint density at radius 2 is 2.24 bits per heavy atom. The number of aryl methyl sites for hydroxylation is 1. The van der Waals surface area contributed by atoms with Crippen molar-refractivity contribution in [3.05, 3.63) is 58.9 Å². The van der Waals surface area contributed by atoms with Crippen LogP contribution in [0.25, 0.3) is 0 Å². The highest BCUT2D eigenvalue weighted by Gasteiger charge is 2.09. The SMILES string of the molecule is Cc1c(Cl)cnn1CCC(=O)Nc1ncn(Cc2cccc(F)c2)n1. The van der Waals surface area contributed by atoms with Crippen molar-refractivity contribution in [2.75, 3.05) is 5.32 Å². The maximum absolute atomic E-state index is 13.2. The first-order valence-corrected chi connectivity index (χ1v) is 8.01. The summed E-state index contributed by atoms with van der Waals surface area (Å²) < 4.78 is 16.4. The lowest BCUT2D eigenvalue weighted by Crippen LogP contribution is -2.16. The molecule has 0 bridgehead atoms. The smallest absolute Gasteiger partial charge is 0.248 e. The number of rotatable bonds is 6. The van der Waals surface area contributed by atoms with Gasteiger partial charge in [-0.2, -0.15) is 5.10 Å². The van der Waals surface area contributed by atoms with E-state index in [2.05, 4.69) is 20.5 Å². The standard InChI is InChI=1S/C16H16ClFN6O/c1-11-14(17)8-20-24(11)6-5-15(25)21-16-19-10-23(22-16)9-12-3-2-4-13(18)7-12/h2-4,7-8,10H,5-6,9H2,1H3,(H,21,22,25). The number of nitrogens with zero attached hydrogens (tertiary/aromatic N) is 5. The van der Waals surface area contributed by atoms with Gasteiger partial charge in [-0.3, -0.25) is 14.8 Å². The van der Waals surface area contributed by atoms with Gasteiger partial charge >= 0.3 is 0 Å². The van der Waals surface area contributed by atoms with Crippen molar-refractivity contribution in [3.63, 3.8) is 0 Å².